The maximum absolute atomic E-state index is 13.3. The average molecular weight is 266 g/mol. The van der Waals surface area contributed by atoms with Crippen LogP contribution in [0.5, 0.6) is 0 Å². The maximum atomic E-state index is 13.3. The molecule has 0 nitrogen and oxygen atoms in total. The maximum Gasteiger partial charge on any atom is 0.161 e. The number of fused-ring (bicyclic) bond motifs is 1. The SMILES string of the molecule is Fc1c(Cl)sc2cccc(Br)c12. The molecule has 4 heteroatoms. The first-order valence-electron chi connectivity index (χ1n) is 3.22. The molecule has 1 aromatic heterocycles. The quantitative estimate of drug-likeness (QED) is 0.660. The van der Waals surface area contributed by atoms with Gasteiger partial charge in [0.15, 0.2) is 5.82 Å². The molecule has 2 aromatic rings. The van der Waals surface area contributed by atoms with Crippen molar-refractivity contribution in [2.45, 2.75) is 0 Å². The Bertz CT molecular complexity index is 438. The van der Waals surface area contributed by atoms with Crippen LogP contribution in [-0.2, 0) is 0 Å². The lowest BCUT2D eigenvalue weighted by atomic mass is 10.3. The van der Waals surface area contributed by atoms with Crippen LogP contribution < -0.4 is 0 Å². The lowest BCUT2D eigenvalue weighted by Crippen LogP contribution is -1.71. The van der Waals surface area contributed by atoms with Gasteiger partial charge in [-0.15, -0.1) is 11.3 Å². The van der Waals surface area contributed by atoms with Crippen molar-refractivity contribution in [2.24, 2.45) is 0 Å². The monoisotopic (exact) mass is 264 g/mol. The highest BCUT2D eigenvalue weighted by Gasteiger charge is 2.11. The minimum Gasteiger partial charge on any atom is -0.204 e. The van der Waals surface area contributed by atoms with Gasteiger partial charge in [0.25, 0.3) is 0 Å². The summed E-state index contributed by atoms with van der Waals surface area (Å²) in [7, 11) is 0. The highest BCUT2D eigenvalue weighted by atomic mass is 79.9. The zero-order valence-electron chi connectivity index (χ0n) is 5.77. The van der Waals surface area contributed by atoms with Crippen LogP contribution in [0.1, 0.15) is 0 Å². The van der Waals surface area contributed by atoms with Crippen LogP contribution in [0.2, 0.25) is 4.34 Å². The Morgan fingerprint density at radius 2 is 2.17 bits per heavy atom. The average Bonchev–Trinajstić information content (AvgIpc) is 2.29. The number of halogens is 3. The van der Waals surface area contributed by atoms with E-state index in [0.29, 0.717) is 5.39 Å². The Balaban J connectivity index is 2.97. The normalized spacial score (nSPS) is 10.9. The summed E-state index contributed by atoms with van der Waals surface area (Å²) in [5, 5.41) is 0.576. The van der Waals surface area contributed by atoms with Crippen molar-refractivity contribution in [1.82, 2.24) is 0 Å². The van der Waals surface area contributed by atoms with Crippen LogP contribution in [0.15, 0.2) is 22.7 Å². The molecule has 0 bridgehead atoms. The van der Waals surface area contributed by atoms with E-state index in [1.807, 2.05) is 12.1 Å². The van der Waals surface area contributed by atoms with Crippen LogP contribution in [0.4, 0.5) is 4.39 Å². The van der Waals surface area contributed by atoms with E-state index in [4.69, 9.17) is 11.6 Å². The summed E-state index contributed by atoms with van der Waals surface area (Å²) in [6.07, 6.45) is 0. The van der Waals surface area contributed by atoms with E-state index >= 15 is 0 Å². The molecule has 0 aliphatic carbocycles. The second-order valence-electron chi connectivity index (χ2n) is 2.30. The highest BCUT2D eigenvalue weighted by Crippen LogP contribution is 2.37. The second kappa shape index (κ2) is 2.98. The molecule has 1 aromatic carbocycles. The van der Waals surface area contributed by atoms with Gasteiger partial charge in [0, 0.05) is 14.6 Å². The van der Waals surface area contributed by atoms with E-state index < -0.39 is 0 Å². The number of hydrogen-bond donors (Lipinski definition) is 0. The van der Waals surface area contributed by atoms with Crippen molar-refractivity contribution in [3.8, 4) is 0 Å². The third kappa shape index (κ3) is 1.16. The van der Waals surface area contributed by atoms with E-state index in [0.717, 1.165) is 9.17 Å². The van der Waals surface area contributed by atoms with Crippen LogP contribution in [0, 0.1) is 5.82 Å². The molecule has 0 N–H and O–H groups in total. The van der Waals surface area contributed by atoms with Gasteiger partial charge in [-0.25, -0.2) is 4.39 Å². The van der Waals surface area contributed by atoms with E-state index in [9.17, 15) is 4.39 Å². The molecule has 0 amide bonds. The van der Waals surface area contributed by atoms with E-state index in [-0.39, 0.29) is 10.2 Å². The van der Waals surface area contributed by atoms with Gasteiger partial charge in [0.05, 0.1) is 0 Å². The molecular formula is C8H3BrClFS. The van der Waals surface area contributed by atoms with Gasteiger partial charge in [-0.2, -0.15) is 0 Å². The lowest BCUT2D eigenvalue weighted by molar-refractivity contribution is 0.644. The van der Waals surface area contributed by atoms with Crippen molar-refractivity contribution < 1.29 is 4.39 Å². The first-order chi connectivity index (χ1) is 5.70. The van der Waals surface area contributed by atoms with Gasteiger partial charge in [-0.05, 0) is 12.1 Å². The van der Waals surface area contributed by atoms with Crippen LogP contribution in [0.3, 0.4) is 0 Å². The Kier molecular flexibility index (Phi) is 2.10. The third-order valence-corrected chi connectivity index (χ3v) is 3.54. The number of hydrogen-bond acceptors (Lipinski definition) is 1. The van der Waals surface area contributed by atoms with Gasteiger partial charge in [-0.3, -0.25) is 0 Å². The summed E-state index contributed by atoms with van der Waals surface area (Å²) in [6, 6.07) is 5.51. The third-order valence-electron chi connectivity index (χ3n) is 1.57. The Labute approximate surface area is 86.1 Å². The summed E-state index contributed by atoms with van der Waals surface area (Å²) in [4.78, 5) is 0. The molecule has 2 rings (SSSR count). The molecule has 0 aliphatic heterocycles. The molecule has 12 heavy (non-hydrogen) atoms. The van der Waals surface area contributed by atoms with Gasteiger partial charge < -0.3 is 0 Å². The fraction of sp³-hybridized carbons (Fsp3) is 0. The van der Waals surface area contributed by atoms with E-state index in [2.05, 4.69) is 15.9 Å². The Hall–Kier alpha value is -0.120. The fourth-order valence-electron chi connectivity index (χ4n) is 1.04. The summed E-state index contributed by atoms with van der Waals surface area (Å²) in [5.74, 6) is -0.329. The zero-order chi connectivity index (χ0) is 8.72. The molecule has 0 aliphatic rings. The second-order valence-corrected chi connectivity index (χ2v) is 4.81. The summed E-state index contributed by atoms with van der Waals surface area (Å²) in [5.41, 5.74) is 0. The molecular weight excluding hydrogens is 263 g/mol. The first-order valence-corrected chi connectivity index (χ1v) is 5.21. The minimum atomic E-state index is -0.329. The summed E-state index contributed by atoms with van der Waals surface area (Å²) < 4.78 is 15.1. The minimum absolute atomic E-state index is 0.219. The molecule has 0 unspecified atom stereocenters. The molecule has 0 fully saturated rings. The topological polar surface area (TPSA) is 0 Å². The standard InChI is InChI=1S/C8H3BrClFS/c9-4-2-1-3-5-6(4)7(11)8(10)12-5/h1-3H. The van der Waals surface area contributed by atoms with Crippen LogP contribution in [0.25, 0.3) is 10.1 Å². The van der Waals surface area contributed by atoms with Gasteiger partial charge in [0.1, 0.15) is 4.34 Å². The van der Waals surface area contributed by atoms with Crippen molar-refractivity contribution in [2.75, 3.05) is 0 Å². The molecule has 0 spiro atoms. The van der Waals surface area contributed by atoms with Crippen LogP contribution in [-0.4, -0.2) is 0 Å². The predicted molar refractivity (Wildman–Crippen MR) is 54.5 cm³/mol. The van der Waals surface area contributed by atoms with E-state index in [1.165, 1.54) is 11.3 Å². The van der Waals surface area contributed by atoms with Crippen molar-refractivity contribution >= 4 is 49.0 Å². The number of benzene rings is 1. The van der Waals surface area contributed by atoms with E-state index in [1.54, 1.807) is 6.07 Å². The van der Waals surface area contributed by atoms with Crippen molar-refractivity contribution in [3.63, 3.8) is 0 Å². The van der Waals surface area contributed by atoms with Gasteiger partial charge >= 0.3 is 0 Å². The molecule has 62 valence electrons. The Morgan fingerprint density at radius 1 is 1.42 bits per heavy atom. The molecule has 0 radical (unpaired) electrons. The summed E-state index contributed by atoms with van der Waals surface area (Å²) >= 11 is 10.2. The van der Waals surface area contributed by atoms with Gasteiger partial charge in [-0.1, -0.05) is 33.6 Å². The molecule has 0 saturated heterocycles. The first kappa shape index (κ1) is 8.48. The molecule has 1 heterocycles. The van der Waals surface area contributed by atoms with Crippen molar-refractivity contribution in [1.29, 1.82) is 0 Å². The lowest BCUT2D eigenvalue weighted by Gasteiger charge is -1.91. The largest absolute Gasteiger partial charge is 0.204 e. The van der Waals surface area contributed by atoms with Gasteiger partial charge in [0.2, 0.25) is 0 Å². The van der Waals surface area contributed by atoms with Crippen LogP contribution >= 0.6 is 38.9 Å². The smallest absolute Gasteiger partial charge is 0.161 e. The molecule has 0 atom stereocenters. The number of thiophene rings is 1. The Morgan fingerprint density at radius 3 is 2.83 bits per heavy atom. The number of rotatable bonds is 0. The van der Waals surface area contributed by atoms with Crippen molar-refractivity contribution in [3.05, 3.63) is 32.8 Å². The zero-order valence-corrected chi connectivity index (χ0v) is 8.93. The highest BCUT2D eigenvalue weighted by molar-refractivity contribution is 9.10. The molecule has 0 saturated carbocycles. The summed E-state index contributed by atoms with van der Waals surface area (Å²) in [6.45, 7) is 0. The predicted octanol–water partition coefficient (Wildman–Crippen LogP) is 4.46. The fourth-order valence-corrected chi connectivity index (χ4v) is 2.89.